The Hall–Kier alpha value is -6.10. The van der Waals surface area contributed by atoms with Crippen molar-refractivity contribution in [3.63, 3.8) is 0 Å². The summed E-state index contributed by atoms with van der Waals surface area (Å²) in [4.78, 5) is 76.8. The third-order valence-electron chi connectivity index (χ3n) is 8.68. The number of hydrazone groups is 1. The largest absolute Gasteiger partial charge is 0.507 e. The first kappa shape index (κ1) is 31.5. The number of carbonyl (C=O) groups excluding carboxylic acids is 4. The van der Waals surface area contributed by atoms with Gasteiger partial charge in [-0.2, -0.15) is 18.3 Å². The molecule has 248 valence electrons. The molecule has 3 aliphatic rings. The Morgan fingerprint density at radius 3 is 2.37 bits per heavy atom. The van der Waals surface area contributed by atoms with Crippen molar-refractivity contribution < 1.29 is 52.4 Å². The molecule has 3 aliphatic carbocycles. The number of benzene rings is 2. The van der Waals surface area contributed by atoms with E-state index >= 15 is 0 Å². The van der Waals surface area contributed by atoms with Gasteiger partial charge in [0.1, 0.15) is 28.4 Å². The van der Waals surface area contributed by atoms with Gasteiger partial charge in [0.05, 0.1) is 51.7 Å². The van der Waals surface area contributed by atoms with E-state index in [2.05, 4.69) is 25.5 Å². The van der Waals surface area contributed by atoms with E-state index in [0.29, 0.717) is 6.07 Å². The number of carbonyl (C=O) groups is 4. The van der Waals surface area contributed by atoms with Crippen LogP contribution < -0.4 is 11.0 Å². The van der Waals surface area contributed by atoms with Gasteiger partial charge < -0.3 is 25.0 Å². The predicted octanol–water partition coefficient (Wildman–Crippen LogP) is 3.73. The van der Waals surface area contributed by atoms with E-state index in [4.69, 9.17) is 16.3 Å². The molecule has 0 fully saturated rings. The molecule has 0 saturated carbocycles. The number of aromatic nitrogens is 3. The summed E-state index contributed by atoms with van der Waals surface area (Å²) in [6.07, 6.45) is -2.54. The Kier molecular flexibility index (Phi) is 6.72. The number of phenolic OH excluding ortho intramolecular Hbond substituents is 3. The number of aromatic amines is 1. The first-order valence-electron chi connectivity index (χ1n) is 14.0. The maximum atomic E-state index is 14.2. The van der Waals surface area contributed by atoms with E-state index in [0.717, 1.165) is 25.6 Å². The first-order chi connectivity index (χ1) is 23.1. The Bertz CT molecular complexity index is 2400. The molecule has 2 aromatic carbocycles. The minimum atomic E-state index is -4.73. The number of rotatable bonds is 4. The van der Waals surface area contributed by atoms with Crippen molar-refractivity contribution in [3.05, 3.63) is 90.3 Å². The topological polar surface area (TPSA) is 221 Å². The number of ketones is 4. The number of pyridine rings is 1. The zero-order chi connectivity index (χ0) is 35.3. The van der Waals surface area contributed by atoms with E-state index in [1.165, 1.54) is 6.07 Å². The molecular formula is C31H17ClF3N5O9. The molecule has 5 N–H and O–H groups in total. The van der Waals surface area contributed by atoms with Gasteiger partial charge in [-0.15, -0.1) is 0 Å². The number of ether oxygens (including phenoxy) is 1. The van der Waals surface area contributed by atoms with Gasteiger partial charge in [-0.1, -0.05) is 11.6 Å². The third kappa shape index (κ3) is 4.21. The van der Waals surface area contributed by atoms with Crippen LogP contribution in [0.3, 0.4) is 0 Å². The highest BCUT2D eigenvalue weighted by atomic mass is 35.5. The van der Waals surface area contributed by atoms with E-state index in [1.54, 1.807) is 0 Å². The number of methoxy groups -OCH3 is 1. The Labute approximate surface area is 274 Å². The molecule has 0 bridgehead atoms. The molecule has 49 heavy (non-hydrogen) atoms. The van der Waals surface area contributed by atoms with Crippen LogP contribution in [0.15, 0.2) is 40.1 Å². The number of Topliss-reactive ketones (excluding diaryl/α,β-unsaturated/α-hetero) is 3. The lowest BCUT2D eigenvalue weighted by Gasteiger charge is -2.23. The van der Waals surface area contributed by atoms with Crippen LogP contribution in [-0.4, -0.2) is 66.7 Å². The highest BCUT2D eigenvalue weighted by molar-refractivity contribution is 6.41. The Morgan fingerprint density at radius 2 is 1.71 bits per heavy atom. The molecule has 4 aromatic rings. The monoisotopic (exact) mass is 695 g/mol. The minimum Gasteiger partial charge on any atom is -0.507 e. The highest BCUT2D eigenvalue weighted by Crippen LogP contribution is 2.58. The van der Waals surface area contributed by atoms with Crippen molar-refractivity contribution in [2.75, 3.05) is 12.5 Å². The second-order valence-electron chi connectivity index (χ2n) is 11.2. The number of fused-ring (bicyclic) bond motifs is 5. The molecule has 0 radical (unpaired) electrons. The number of hydrogen-bond donors (Lipinski definition) is 5. The summed E-state index contributed by atoms with van der Waals surface area (Å²) >= 11 is 6.72. The summed E-state index contributed by atoms with van der Waals surface area (Å²) in [6, 6.07) is 1.94. The van der Waals surface area contributed by atoms with Crippen LogP contribution in [-0.2, 0) is 22.7 Å². The fraction of sp³-hybridized carbons (Fsp3) is 0.161. The average Bonchev–Trinajstić information content (AvgIpc) is 3.56. The summed E-state index contributed by atoms with van der Waals surface area (Å²) in [5.74, 6) is -8.05. The first-order valence-corrected chi connectivity index (χ1v) is 14.4. The zero-order valence-electron chi connectivity index (χ0n) is 24.4. The van der Waals surface area contributed by atoms with Crippen molar-refractivity contribution in [1.29, 1.82) is 0 Å². The Balaban J connectivity index is 1.33. The molecular weight excluding hydrogens is 679 g/mol. The fourth-order valence-electron chi connectivity index (χ4n) is 6.60. The van der Waals surface area contributed by atoms with Gasteiger partial charge in [0, 0.05) is 23.2 Å². The number of allylic oxidation sites excluding steroid dienone is 2. The molecule has 1 spiro atoms. The summed E-state index contributed by atoms with van der Waals surface area (Å²) < 4.78 is 43.8. The summed E-state index contributed by atoms with van der Waals surface area (Å²) in [6.45, 7) is 0. The number of phenols is 3. The van der Waals surface area contributed by atoms with Crippen LogP contribution in [0.2, 0.25) is 5.02 Å². The maximum Gasteiger partial charge on any atom is 0.433 e. The summed E-state index contributed by atoms with van der Waals surface area (Å²) in [5, 5.41) is 36.9. The van der Waals surface area contributed by atoms with E-state index < -0.39 is 103 Å². The minimum absolute atomic E-state index is 0.0369. The average molecular weight is 696 g/mol. The van der Waals surface area contributed by atoms with Crippen molar-refractivity contribution in [2.45, 2.75) is 24.4 Å². The molecule has 0 amide bonds. The van der Waals surface area contributed by atoms with Crippen LogP contribution in [0.4, 0.5) is 19.1 Å². The zero-order valence-corrected chi connectivity index (χ0v) is 25.2. The van der Waals surface area contributed by atoms with Gasteiger partial charge in [0.15, 0.2) is 23.1 Å². The van der Waals surface area contributed by atoms with Gasteiger partial charge in [0.2, 0.25) is 11.7 Å². The number of H-pyrrole nitrogens is 1. The van der Waals surface area contributed by atoms with Crippen molar-refractivity contribution in [2.24, 2.45) is 5.10 Å². The van der Waals surface area contributed by atoms with E-state index in [-0.39, 0.29) is 40.1 Å². The van der Waals surface area contributed by atoms with Crippen molar-refractivity contribution in [3.8, 4) is 17.2 Å². The second-order valence-corrected chi connectivity index (χ2v) is 11.5. The van der Waals surface area contributed by atoms with Crippen LogP contribution in [0, 0.1) is 0 Å². The van der Waals surface area contributed by atoms with Gasteiger partial charge in [-0.25, -0.2) is 15.4 Å². The van der Waals surface area contributed by atoms with Crippen LogP contribution in [0.1, 0.15) is 70.4 Å². The lowest BCUT2D eigenvalue weighted by Crippen LogP contribution is -2.36. The molecule has 18 heteroatoms. The lowest BCUT2D eigenvalue weighted by molar-refractivity contribution is -0.141. The quantitative estimate of drug-likeness (QED) is 0.0892. The second kappa shape index (κ2) is 10.4. The molecule has 2 heterocycles. The van der Waals surface area contributed by atoms with E-state index in [1.807, 2.05) is 0 Å². The maximum absolute atomic E-state index is 14.2. The summed E-state index contributed by atoms with van der Waals surface area (Å²) in [5.41, 5.74) is -5.52. The number of alkyl halides is 3. The summed E-state index contributed by atoms with van der Waals surface area (Å²) in [7, 11) is 1.09. The lowest BCUT2D eigenvalue weighted by atomic mass is 9.76. The van der Waals surface area contributed by atoms with Crippen LogP contribution >= 0.6 is 11.6 Å². The number of nitrogens with zero attached hydrogens (tertiary/aromatic N) is 3. The molecule has 0 saturated heterocycles. The molecule has 0 unspecified atom stereocenters. The predicted molar refractivity (Wildman–Crippen MR) is 162 cm³/mol. The normalized spacial score (nSPS) is 18.3. The number of hydrogen-bond acceptors (Lipinski definition) is 13. The van der Waals surface area contributed by atoms with Gasteiger partial charge in [-0.05, 0) is 30.5 Å². The molecule has 0 aliphatic heterocycles. The molecule has 2 aromatic heterocycles. The van der Waals surface area contributed by atoms with E-state index in [9.17, 15) is 52.5 Å². The SMILES string of the molecule is COC1=CC(=O)c2c(O)c3c(c(O)c2C1=O)C(=O)[C@]1(CCc2c1c(O)c1c(=O)[nH]c(C=NNc4nccc(C(F)(F)F)n4)cc1c2Cl)C3=O. The number of anilines is 1. The number of halogens is 4. The van der Waals surface area contributed by atoms with Gasteiger partial charge in [0.25, 0.3) is 5.56 Å². The molecule has 7 rings (SSSR count). The van der Waals surface area contributed by atoms with Gasteiger partial charge >= 0.3 is 6.18 Å². The number of nitrogens with one attached hydrogen (secondary N) is 2. The highest BCUT2D eigenvalue weighted by Gasteiger charge is 2.62. The number of aromatic hydroxyl groups is 3. The molecule has 14 nitrogen and oxygen atoms in total. The Morgan fingerprint density at radius 1 is 1.04 bits per heavy atom. The van der Waals surface area contributed by atoms with Crippen molar-refractivity contribution in [1.82, 2.24) is 15.0 Å². The van der Waals surface area contributed by atoms with Crippen LogP contribution in [0.5, 0.6) is 17.2 Å². The fourth-order valence-corrected chi connectivity index (χ4v) is 6.94. The third-order valence-corrected chi connectivity index (χ3v) is 9.11. The van der Waals surface area contributed by atoms with Gasteiger partial charge in [-0.3, -0.25) is 24.0 Å². The van der Waals surface area contributed by atoms with Crippen LogP contribution in [0.25, 0.3) is 10.8 Å². The standard InChI is InChI=1S/C31H17ClF3N5O9/c1-49-13-7-12(41)16-17(22(13)42)24(44)19-18(23(16)43)26(46)30(27(19)47)4-2-10-20(30)25(45)15-11(21(10)32)6-9(38-28(15)48)8-37-40-29-36-5-3-14(39-29)31(33,34)35/h3,5-8,43-45H,2,4H2,1H3,(H,38,48)(H,36,39,40)/t30-/m0/s1. The smallest absolute Gasteiger partial charge is 0.433 e. The molecule has 1 atom stereocenters. The van der Waals surface area contributed by atoms with Crippen molar-refractivity contribution >= 4 is 57.7 Å².